The number of aromatic nitrogens is 2. The van der Waals surface area contributed by atoms with Crippen molar-refractivity contribution in [2.75, 3.05) is 19.7 Å². The second-order valence-electron chi connectivity index (χ2n) is 5.61. The summed E-state index contributed by atoms with van der Waals surface area (Å²) in [5.41, 5.74) is 0.475. The van der Waals surface area contributed by atoms with Crippen molar-refractivity contribution in [2.24, 2.45) is 0 Å². The predicted octanol–water partition coefficient (Wildman–Crippen LogP) is 0.792. The second kappa shape index (κ2) is 7.25. The van der Waals surface area contributed by atoms with Gasteiger partial charge in [0.15, 0.2) is 0 Å². The van der Waals surface area contributed by atoms with E-state index in [1.165, 1.54) is 16.7 Å². The van der Waals surface area contributed by atoms with Gasteiger partial charge >= 0.3 is 0 Å². The number of sulfonamides is 1. The predicted molar refractivity (Wildman–Crippen MR) is 88.1 cm³/mol. The van der Waals surface area contributed by atoms with Crippen molar-refractivity contribution in [3.8, 4) is 0 Å². The Balaban J connectivity index is 1.65. The van der Waals surface area contributed by atoms with Gasteiger partial charge in [-0.15, -0.1) is 0 Å². The smallest absolute Gasteiger partial charge is 0.250 e. The highest BCUT2D eigenvalue weighted by molar-refractivity contribution is 7.89. The van der Waals surface area contributed by atoms with Gasteiger partial charge in [-0.2, -0.15) is 4.31 Å². The molecule has 2 heterocycles. The fraction of sp³-hybridized carbons (Fsp3) is 0.375. The maximum atomic E-state index is 12.7. The van der Waals surface area contributed by atoms with E-state index in [-0.39, 0.29) is 11.7 Å². The molecule has 1 aromatic heterocycles. The molecule has 1 aliphatic heterocycles. The summed E-state index contributed by atoms with van der Waals surface area (Å²) in [6.07, 6.45) is 2.33. The number of hydrogen-bond donors (Lipinski definition) is 1. The Morgan fingerprint density at radius 1 is 1.29 bits per heavy atom. The van der Waals surface area contributed by atoms with Crippen molar-refractivity contribution in [2.45, 2.75) is 23.8 Å². The van der Waals surface area contributed by atoms with Crippen molar-refractivity contribution in [3.63, 3.8) is 0 Å². The lowest BCUT2D eigenvalue weighted by Crippen LogP contribution is -2.45. The van der Waals surface area contributed by atoms with Crippen LogP contribution in [0, 0.1) is 0 Å². The molecule has 128 valence electrons. The van der Waals surface area contributed by atoms with Gasteiger partial charge in [-0.25, -0.2) is 13.4 Å². The van der Waals surface area contributed by atoms with E-state index in [4.69, 9.17) is 4.74 Å². The van der Waals surface area contributed by atoms with E-state index in [1.807, 2.05) is 0 Å². The summed E-state index contributed by atoms with van der Waals surface area (Å²) in [5, 5.41) is 0. The standard InChI is InChI=1S/C16H19N3O4S/c20-16-10-13(17-12-18-16)6-7-14-11-19(8-9-23-14)24(21,22)15-4-2-1-3-5-15/h1-5,10,12,14H,6-9,11H2,(H,17,18,20). The van der Waals surface area contributed by atoms with Crippen LogP contribution in [0.15, 0.2) is 52.4 Å². The first kappa shape index (κ1) is 16.8. The molecule has 1 fully saturated rings. The third kappa shape index (κ3) is 3.89. The summed E-state index contributed by atoms with van der Waals surface area (Å²) in [4.78, 5) is 18.1. The van der Waals surface area contributed by atoms with Gasteiger partial charge in [0.2, 0.25) is 10.0 Å². The third-order valence-electron chi connectivity index (χ3n) is 3.94. The monoisotopic (exact) mass is 349 g/mol. The van der Waals surface area contributed by atoms with E-state index in [0.717, 1.165) is 0 Å². The van der Waals surface area contributed by atoms with Crippen molar-refractivity contribution >= 4 is 10.0 Å². The van der Waals surface area contributed by atoms with Gasteiger partial charge in [-0.05, 0) is 25.0 Å². The summed E-state index contributed by atoms with van der Waals surface area (Å²) in [7, 11) is -3.50. The molecule has 1 saturated heterocycles. The molecule has 0 spiro atoms. The average molecular weight is 349 g/mol. The molecule has 2 aromatic rings. The number of morpholine rings is 1. The molecule has 1 aliphatic rings. The summed E-state index contributed by atoms with van der Waals surface area (Å²) >= 11 is 0. The van der Waals surface area contributed by atoms with Crippen LogP contribution in [0.4, 0.5) is 0 Å². The molecule has 3 rings (SSSR count). The Kier molecular flexibility index (Phi) is 5.08. The minimum atomic E-state index is -3.50. The SMILES string of the molecule is O=c1cc(CCC2CN(S(=O)(=O)c3ccccc3)CCO2)nc[nH]1. The van der Waals surface area contributed by atoms with E-state index < -0.39 is 10.0 Å². The van der Waals surface area contributed by atoms with Crippen LogP contribution >= 0.6 is 0 Å². The van der Waals surface area contributed by atoms with E-state index >= 15 is 0 Å². The minimum Gasteiger partial charge on any atom is -0.375 e. The molecule has 0 saturated carbocycles. The number of nitrogens with zero attached hydrogens (tertiary/aromatic N) is 2. The van der Waals surface area contributed by atoms with Crippen molar-refractivity contribution in [3.05, 3.63) is 58.8 Å². The van der Waals surface area contributed by atoms with Crippen LogP contribution in [0.3, 0.4) is 0 Å². The molecule has 1 atom stereocenters. The number of ether oxygens (including phenoxy) is 1. The van der Waals surface area contributed by atoms with E-state index in [2.05, 4.69) is 9.97 Å². The van der Waals surface area contributed by atoms with Crippen molar-refractivity contribution in [1.29, 1.82) is 0 Å². The first-order valence-electron chi connectivity index (χ1n) is 7.76. The molecule has 7 nitrogen and oxygen atoms in total. The normalized spacial score (nSPS) is 19.2. The Morgan fingerprint density at radius 2 is 2.08 bits per heavy atom. The van der Waals surface area contributed by atoms with Crippen LogP contribution in [0.1, 0.15) is 12.1 Å². The van der Waals surface area contributed by atoms with Crippen LogP contribution < -0.4 is 5.56 Å². The molecular formula is C16H19N3O4S. The topological polar surface area (TPSA) is 92.4 Å². The lowest BCUT2D eigenvalue weighted by atomic mass is 10.1. The summed E-state index contributed by atoms with van der Waals surface area (Å²) in [5.74, 6) is 0. The third-order valence-corrected chi connectivity index (χ3v) is 5.82. The van der Waals surface area contributed by atoms with Gasteiger partial charge in [0.25, 0.3) is 5.56 Å². The number of benzene rings is 1. The summed E-state index contributed by atoms with van der Waals surface area (Å²) in [6, 6.07) is 9.85. The van der Waals surface area contributed by atoms with Crippen LogP contribution in [-0.4, -0.2) is 48.5 Å². The molecule has 0 aliphatic carbocycles. The summed E-state index contributed by atoms with van der Waals surface area (Å²) < 4.78 is 32.5. The number of H-pyrrole nitrogens is 1. The molecule has 0 amide bonds. The number of hydrogen-bond acceptors (Lipinski definition) is 5. The zero-order chi connectivity index (χ0) is 17.0. The maximum absolute atomic E-state index is 12.7. The Morgan fingerprint density at radius 3 is 2.83 bits per heavy atom. The quantitative estimate of drug-likeness (QED) is 0.862. The molecule has 1 unspecified atom stereocenters. The molecule has 1 N–H and O–H groups in total. The second-order valence-corrected chi connectivity index (χ2v) is 7.55. The van der Waals surface area contributed by atoms with Gasteiger partial charge < -0.3 is 9.72 Å². The van der Waals surface area contributed by atoms with Gasteiger partial charge in [0.05, 0.1) is 23.9 Å². The van der Waals surface area contributed by atoms with E-state index in [9.17, 15) is 13.2 Å². The van der Waals surface area contributed by atoms with Crippen LogP contribution in [0.5, 0.6) is 0 Å². The fourth-order valence-corrected chi connectivity index (χ4v) is 4.16. The number of rotatable bonds is 5. The highest BCUT2D eigenvalue weighted by atomic mass is 32.2. The average Bonchev–Trinajstić information content (AvgIpc) is 2.61. The van der Waals surface area contributed by atoms with Crippen LogP contribution in [-0.2, 0) is 21.2 Å². The molecule has 0 radical (unpaired) electrons. The van der Waals surface area contributed by atoms with Gasteiger partial charge in [0, 0.05) is 24.8 Å². The number of aryl methyl sites for hydroxylation is 1. The first-order chi connectivity index (χ1) is 11.6. The Bertz CT molecular complexity index is 836. The first-order valence-corrected chi connectivity index (χ1v) is 9.20. The van der Waals surface area contributed by atoms with E-state index in [0.29, 0.717) is 43.1 Å². The minimum absolute atomic E-state index is 0.196. The largest absolute Gasteiger partial charge is 0.375 e. The highest BCUT2D eigenvalue weighted by Crippen LogP contribution is 2.20. The van der Waals surface area contributed by atoms with Gasteiger partial charge in [-0.3, -0.25) is 4.79 Å². The molecular weight excluding hydrogens is 330 g/mol. The van der Waals surface area contributed by atoms with Crippen molar-refractivity contribution < 1.29 is 13.2 Å². The fourth-order valence-electron chi connectivity index (χ4n) is 2.68. The van der Waals surface area contributed by atoms with Crippen molar-refractivity contribution in [1.82, 2.24) is 14.3 Å². The number of nitrogens with one attached hydrogen (secondary N) is 1. The Labute approximate surface area is 140 Å². The highest BCUT2D eigenvalue weighted by Gasteiger charge is 2.30. The molecule has 8 heteroatoms. The zero-order valence-corrected chi connectivity index (χ0v) is 13.9. The van der Waals surface area contributed by atoms with Crippen LogP contribution in [0.2, 0.25) is 0 Å². The Hall–Kier alpha value is -2.03. The molecule has 24 heavy (non-hydrogen) atoms. The molecule has 0 bridgehead atoms. The van der Waals surface area contributed by atoms with Crippen LogP contribution in [0.25, 0.3) is 0 Å². The van der Waals surface area contributed by atoms with Gasteiger partial charge in [-0.1, -0.05) is 18.2 Å². The summed E-state index contributed by atoms with van der Waals surface area (Å²) in [6.45, 7) is 1.01. The lowest BCUT2D eigenvalue weighted by Gasteiger charge is -2.32. The van der Waals surface area contributed by atoms with E-state index in [1.54, 1.807) is 30.3 Å². The van der Waals surface area contributed by atoms with Gasteiger partial charge in [0.1, 0.15) is 0 Å². The maximum Gasteiger partial charge on any atom is 0.250 e. The molecule has 1 aromatic carbocycles. The lowest BCUT2D eigenvalue weighted by molar-refractivity contribution is -0.00539. The zero-order valence-electron chi connectivity index (χ0n) is 13.1. The number of aromatic amines is 1.